The van der Waals surface area contributed by atoms with E-state index in [0.29, 0.717) is 5.56 Å². The topological polar surface area (TPSA) is 108 Å². The molecule has 120 valence electrons. The minimum absolute atomic E-state index is 0.0993. The van der Waals surface area contributed by atoms with Crippen LogP contribution in [0, 0.1) is 17.2 Å². The number of amides is 2. The Kier molecular flexibility index (Phi) is 3.79. The lowest BCUT2D eigenvalue weighted by molar-refractivity contribution is -0.126. The van der Waals surface area contributed by atoms with Crippen molar-refractivity contribution in [3.63, 3.8) is 0 Å². The van der Waals surface area contributed by atoms with Crippen molar-refractivity contribution in [2.75, 3.05) is 26.2 Å². The van der Waals surface area contributed by atoms with Crippen LogP contribution in [0.3, 0.4) is 0 Å². The van der Waals surface area contributed by atoms with Gasteiger partial charge in [0.1, 0.15) is 0 Å². The SMILES string of the molecule is N#Cc1ccc(S(=O)(=O)N2CC(CN3C(=O)COC3=O)C2)cc1. The lowest BCUT2D eigenvalue weighted by Crippen LogP contribution is -2.54. The number of nitrogens with zero attached hydrogens (tertiary/aromatic N) is 3. The minimum atomic E-state index is -3.62. The van der Waals surface area contributed by atoms with Crippen LogP contribution in [-0.4, -0.2) is 55.9 Å². The number of ether oxygens (including phenoxy) is 1. The maximum Gasteiger partial charge on any atom is 0.417 e. The molecule has 2 aliphatic rings. The highest BCUT2D eigenvalue weighted by atomic mass is 32.2. The third-order valence-corrected chi connectivity index (χ3v) is 5.67. The summed E-state index contributed by atoms with van der Waals surface area (Å²) in [5, 5.41) is 8.73. The maximum atomic E-state index is 12.4. The number of sulfonamides is 1. The molecular formula is C14H13N3O5S. The molecule has 2 saturated heterocycles. The minimum Gasteiger partial charge on any atom is -0.439 e. The average Bonchev–Trinajstić information content (AvgIpc) is 2.81. The predicted octanol–water partition coefficient (Wildman–Crippen LogP) is 0.158. The molecule has 8 nitrogen and oxygen atoms in total. The highest BCUT2D eigenvalue weighted by molar-refractivity contribution is 7.89. The van der Waals surface area contributed by atoms with E-state index in [-0.39, 0.29) is 37.1 Å². The summed E-state index contributed by atoms with van der Waals surface area (Å²) in [5.74, 6) is -0.499. The fourth-order valence-corrected chi connectivity index (χ4v) is 4.09. The molecule has 9 heteroatoms. The normalized spacial score (nSPS) is 19.3. The van der Waals surface area contributed by atoms with E-state index in [1.807, 2.05) is 6.07 Å². The van der Waals surface area contributed by atoms with E-state index in [1.54, 1.807) is 0 Å². The Morgan fingerprint density at radius 3 is 2.39 bits per heavy atom. The quantitative estimate of drug-likeness (QED) is 0.775. The molecule has 0 bridgehead atoms. The summed E-state index contributed by atoms with van der Waals surface area (Å²) < 4.78 is 30.7. The van der Waals surface area contributed by atoms with Crippen LogP contribution >= 0.6 is 0 Å². The van der Waals surface area contributed by atoms with Gasteiger partial charge in [0.15, 0.2) is 6.61 Å². The Labute approximate surface area is 132 Å². The van der Waals surface area contributed by atoms with Gasteiger partial charge in [-0.1, -0.05) is 0 Å². The summed E-state index contributed by atoms with van der Waals surface area (Å²) in [5.41, 5.74) is 0.386. The number of hydrogen-bond acceptors (Lipinski definition) is 6. The van der Waals surface area contributed by atoms with E-state index >= 15 is 0 Å². The zero-order chi connectivity index (χ0) is 16.6. The van der Waals surface area contributed by atoms with Gasteiger partial charge in [-0.3, -0.25) is 4.79 Å². The molecule has 1 aromatic carbocycles. The molecule has 0 unspecified atom stereocenters. The average molecular weight is 335 g/mol. The van der Waals surface area contributed by atoms with Crippen molar-refractivity contribution in [1.29, 1.82) is 5.26 Å². The van der Waals surface area contributed by atoms with Crippen molar-refractivity contribution in [2.45, 2.75) is 4.90 Å². The van der Waals surface area contributed by atoms with Crippen LogP contribution in [0.25, 0.3) is 0 Å². The van der Waals surface area contributed by atoms with Gasteiger partial charge in [-0.05, 0) is 24.3 Å². The molecule has 0 N–H and O–H groups in total. The molecule has 0 radical (unpaired) electrons. The van der Waals surface area contributed by atoms with Gasteiger partial charge in [-0.2, -0.15) is 9.57 Å². The van der Waals surface area contributed by atoms with Crippen LogP contribution in [-0.2, 0) is 19.6 Å². The number of nitriles is 1. The first kappa shape index (κ1) is 15.5. The van der Waals surface area contributed by atoms with Crippen LogP contribution in [0.4, 0.5) is 4.79 Å². The summed E-state index contributed by atoms with van der Waals surface area (Å²) in [7, 11) is -3.62. The summed E-state index contributed by atoms with van der Waals surface area (Å²) in [4.78, 5) is 23.9. The molecule has 0 spiro atoms. The van der Waals surface area contributed by atoms with Gasteiger partial charge in [0.05, 0.1) is 16.5 Å². The first-order chi connectivity index (χ1) is 10.9. The molecule has 2 amide bonds. The fraction of sp³-hybridized carbons (Fsp3) is 0.357. The molecule has 23 heavy (non-hydrogen) atoms. The van der Waals surface area contributed by atoms with Gasteiger partial charge in [-0.25, -0.2) is 18.1 Å². The molecule has 3 rings (SSSR count). The van der Waals surface area contributed by atoms with Crippen molar-refractivity contribution in [3.8, 4) is 6.07 Å². The van der Waals surface area contributed by atoms with Gasteiger partial charge < -0.3 is 4.74 Å². The summed E-state index contributed by atoms with van der Waals surface area (Å²) in [6.45, 7) is 0.384. The second-order valence-corrected chi connectivity index (χ2v) is 7.32. The van der Waals surface area contributed by atoms with Gasteiger partial charge in [0.25, 0.3) is 5.91 Å². The summed E-state index contributed by atoms with van der Waals surface area (Å²) in [6, 6.07) is 7.61. The van der Waals surface area contributed by atoms with E-state index in [9.17, 15) is 18.0 Å². The Morgan fingerprint density at radius 2 is 1.87 bits per heavy atom. The van der Waals surface area contributed by atoms with E-state index in [1.165, 1.54) is 28.6 Å². The largest absolute Gasteiger partial charge is 0.439 e. The van der Waals surface area contributed by atoms with Crippen LogP contribution in [0.2, 0.25) is 0 Å². The summed E-state index contributed by atoms with van der Waals surface area (Å²) >= 11 is 0. The van der Waals surface area contributed by atoms with Crippen LogP contribution in [0.5, 0.6) is 0 Å². The van der Waals surface area contributed by atoms with Crippen LogP contribution in [0.1, 0.15) is 5.56 Å². The monoisotopic (exact) mass is 335 g/mol. The smallest absolute Gasteiger partial charge is 0.417 e. The van der Waals surface area contributed by atoms with Gasteiger partial charge in [0.2, 0.25) is 10.0 Å². The molecule has 0 aromatic heterocycles. The van der Waals surface area contributed by atoms with Crippen molar-refractivity contribution >= 4 is 22.0 Å². The van der Waals surface area contributed by atoms with Crippen molar-refractivity contribution in [2.24, 2.45) is 5.92 Å². The van der Waals surface area contributed by atoms with Gasteiger partial charge in [0, 0.05) is 25.6 Å². The van der Waals surface area contributed by atoms with Crippen LogP contribution < -0.4 is 0 Å². The van der Waals surface area contributed by atoms with E-state index in [4.69, 9.17) is 5.26 Å². The van der Waals surface area contributed by atoms with E-state index in [2.05, 4.69) is 4.74 Å². The lowest BCUT2D eigenvalue weighted by atomic mass is 10.0. The molecule has 0 atom stereocenters. The second kappa shape index (κ2) is 5.64. The number of carbonyl (C=O) groups is 2. The second-order valence-electron chi connectivity index (χ2n) is 5.38. The zero-order valence-corrected chi connectivity index (χ0v) is 12.8. The van der Waals surface area contributed by atoms with E-state index in [0.717, 1.165) is 4.90 Å². The molecule has 0 saturated carbocycles. The third-order valence-electron chi connectivity index (χ3n) is 3.83. The van der Waals surface area contributed by atoms with Crippen molar-refractivity contribution in [3.05, 3.63) is 29.8 Å². The number of imide groups is 1. The molecule has 1 aromatic rings. The molecule has 2 aliphatic heterocycles. The Bertz CT molecular complexity index is 775. The van der Waals surface area contributed by atoms with E-state index < -0.39 is 22.0 Å². The Morgan fingerprint density at radius 1 is 1.22 bits per heavy atom. The predicted molar refractivity (Wildman–Crippen MR) is 76.5 cm³/mol. The highest BCUT2D eigenvalue weighted by Crippen LogP contribution is 2.26. The Hall–Kier alpha value is -2.44. The maximum absolute atomic E-state index is 12.4. The first-order valence-corrected chi connectivity index (χ1v) is 8.33. The number of rotatable bonds is 4. The number of cyclic esters (lactones) is 1. The Balaban J connectivity index is 1.62. The molecular weight excluding hydrogens is 322 g/mol. The number of hydrogen-bond donors (Lipinski definition) is 0. The van der Waals surface area contributed by atoms with Crippen molar-refractivity contribution < 1.29 is 22.7 Å². The number of carbonyl (C=O) groups excluding carboxylic acids is 2. The lowest BCUT2D eigenvalue weighted by Gasteiger charge is -2.38. The van der Waals surface area contributed by atoms with Gasteiger partial charge in [-0.15, -0.1) is 0 Å². The highest BCUT2D eigenvalue weighted by Gasteiger charge is 2.41. The fourth-order valence-electron chi connectivity index (χ4n) is 2.50. The first-order valence-electron chi connectivity index (χ1n) is 6.89. The van der Waals surface area contributed by atoms with Crippen molar-refractivity contribution in [1.82, 2.24) is 9.21 Å². The third kappa shape index (κ3) is 2.78. The standard InChI is InChI=1S/C14H13N3O5S/c15-5-10-1-3-12(4-2-10)23(20,21)16-6-11(7-16)8-17-13(18)9-22-14(17)19/h1-4,11H,6-9H2. The van der Waals surface area contributed by atoms with Gasteiger partial charge >= 0.3 is 6.09 Å². The molecule has 2 fully saturated rings. The molecule has 0 aliphatic carbocycles. The van der Waals surface area contributed by atoms with Crippen LogP contribution in [0.15, 0.2) is 29.2 Å². The molecule has 2 heterocycles. The zero-order valence-electron chi connectivity index (χ0n) is 12.0. The number of benzene rings is 1. The summed E-state index contributed by atoms with van der Waals surface area (Å²) in [6.07, 6.45) is -0.677.